The minimum absolute atomic E-state index is 0.00287. The van der Waals surface area contributed by atoms with Gasteiger partial charge in [0, 0.05) is 12.7 Å². The lowest BCUT2D eigenvalue weighted by molar-refractivity contribution is -0.138. The fourth-order valence-corrected chi connectivity index (χ4v) is 4.66. The number of likely N-dealkylation sites (tertiary alicyclic amines) is 1. The van der Waals surface area contributed by atoms with Gasteiger partial charge < -0.3 is 14.7 Å². The van der Waals surface area contributed by atoms with Crippen molar-refractivity contribution in [3.05, 3.63) is 47.2 Å². The van der Waals surface area contributed by atoms with Gasteiger partial charge in [0.2, 0.25) is 5.91 Å². The van der Waals surface area contributed by atoms with E-state index in [-0.39, 0.29) is 18.5 Å². The lowest BCUT2D eigenvalue weighted by Crippen LogP contribution is -2.47. The van der Waals surface area contributed by atoms with Gasteiger partial charge in [-0.25, -0.2) is 4.79 Å². The van der Waals surface area contributed by atoms with Crippen LogP contribution in [0.1, 0.15) is 38.5 Å². The van der Waals surface area contributed by atoms with Crippen molar-refractivity contribution in [2.45, 2.75) is 32.8 Å². The summed E-state index contributed by atoms with van der Waals surface area (Å²) in [6.45, 7) is 5.49. The second-order valence-corrected chi connectivity index (χ2v) is 8.60. The number of piperidine rings is 1. The van der Waals surface area contributed by atoms with Gasteiger partial charge in [-0.15, -0.1) is 10.2 Å². The number of hydrogen-bond donors (Lipinski definition) is 1. The highest BCUT2D eigenvalue weighted by Gasteiger charge is 2.50. The van der Waals surface area contributed by atoms with E-state index in [9.17, 15) is 14.7 Å². The van der Waals surface area contributed by atoms with Crippen LogP contribution in [0.5, 0.6) is 0 Å². The average molecular weight is 452 g/mol. The molecule has 1 unspecified atom stereocenters. The van der Waals surface area contributed by atoms with Crippen molar-refractivity contribution >= 4 is 11.9 Å². The molecule has 5 heterocycles. The number of rotatable bonds is 5. The molecule has 0 saturated carbocycles. The number of esters is 1. The molecule has 1 saturated heterocycles. The first-order valence-corrected chi connectivity index (χ1v) is 10.8. The van der Waals surface area contributed by atoms with Crippen molar-refractivity contribution in [1.29, 1.82) is 0 Å². The molecule has 1 atom stereocenters. The van der Waals surface area contributed by atoms with E-state index in [0.29, 0.717) is 55.3 Å². The first-order chi connectivity index (χ1) is 15.9. The summed E-state index contributed by atoms with van der Waals surface area (Å²) in [5, 5.41) is 29.7. The third-order valence-electron chi connectivity index (χ3n) is 6.81. The summed E-state index contributed by atoms with van der Waals surface area (Å²) in [6, 6.07) is 3.40. The number of aromatic nitrogens is 6. The molecule has 1 spiro atoms. The van der Waals surface area contributed by atoms with E-state index in [1.807, 2.05) is 13.1 Å². The van der Waals surface area contributed by atoms with Crippen molar-refractivity contribution < 1.29 is 19.4 Å². The van der Waals surface area contributed by atoms with Crippen molar-refractivity contribution in [1.82, 2.24) is 40.2 Å². The van der Waals surface area contributed by atoms with Crippen LogP contribution in [-0.2, 0) is 14.3 Å². The van der Waals surface area contributed by atoms with Crippen LogP contribution in [0.25, 0.3) is 5.82 Å². The van der Waals surface area contributed by atoms with Gasteiger partial charge in [-0.3, -0.25) is 9.69 Å². The Labute approximate surface area is 189 Å². The van der Waals surface area contributed by atoms with Gasteiger partial charge >= 0.3 is 5.97 Å². The smallest absolute Gasteiger partial charge is 0.336 e. The minimum atomic E-state index is -0.809. The molecule has 12 heteroatoms. The van der Waals surface area contributed by atoms with Gasteiger partial charge in [0.05, 0.1) is 22.4 Å². The van der Waals surface area contributed by atoms with Gasteiger partial charge in [-0.2, -0.15) is 9.78 Å². The van der Waals surface area contributed by atoms with Crippen LogP contribution in [-0.4, -0.2) is 83.4 Å². The van der Waals surface area contributed by atoms with Crippen molar-refractivity contribution in [2.24, 2.45) is 5.41 Å². The number of ether oxygens (including phenoxy) is 1. The first kappa shape index (κ1) is 21.3. The molecule has 172 valence electrons. The molecular formula is C21H24N8O4. The molecule has 1 N–H and O–H groups in total. The van der Waals surface area contributed by atoms with Crippen molar-refractivity contribution in [3.8, 4) is 5.82 Å². The number of tetrazole rings is 1. The Morgan fingerprint density at radius 2 is 1.97 bits per heavy atom. The SMILES string of the molecule is CC1=CN(C2=C(C)C(=O)OC2)C(=O)C12CCN(CC(O)c1ccc(-n3cnnn3)nn1)CC2. The number of cyclic esters (lactones) is 1. The molecule has 3 aliphatic rings. The molecule has 1 amide bonds. The van der Waals surface area contributed by atoms with Gasteiger partial charge in [0.1, 0.15) is 19.0 Å². The highest BCUT2D eigenvalue weighted by Crippen LogP contribution is 2.46. The topological polar surface area (TPSA) is 139 Å². The standard InChI is InChI=1S/C21H24N8O4/c1-13-9-28(16-11-33-19(31)14(16)2)20(32)21(13)5-7-27(8-6-21)10-17(30)15-3-4-18(24-23-15)29-12-22-25-26-29/h3-4,9,12,17,30H,5-8,10-11H2,1-2H3. The summed E-state index contributed by atoms with van der Waals surface area (Å²) in [4.78, 5) is 28.9. The third kappa shape index (κ3) is 3.60. The highest BCUT2D eigenvalue weighted by molar-refractivity contribution is 5.96. The van der Waals surface area contributed by atoms with Gasteiger partial charge in [0.25, 0.3) is 0 Å². The predicted molar refractivity (Wildman–Crippen MR) is 112 cm³/mol. The fourth-order valence-electron chi connectivity index (χ4n) is 4.66. The maximum Gasteiger partial charge on any atom is 0.336 e. The number of nitrogens with zero attached hydrogens (tertiary/aromatic N) is 8. The Balaban J connectivity index is 1.22. The van der Waals surface area contributed by atoms with E-state index in [2.05, 4.69) is 30.6 Å². The lowest BCUT2D eigenvalue weighted by atomic mass is 9.74. The van der Waals surface area contributed by atoms with Crippen LogP contribution < -0.4 is 0 Å². The summed E-state index contributed by atoms with van der Waals surface area (Å²) in [5.74, 6) is 0.0849. The second kappa shape index (κ2) is 8.12. The molecule has 2 aromatic rings. The molecule has 1 fully saturated rings. The van der Waals surface area contributed by atoms with Crippen molar-refractivity contribution in [2.75, 3.05) is 26.2 Å². The Kier molecular flexibility index (Phi) is 5.25. The first-order valence-electron chi connectivity index (χ1n) is 10.8. The number of carbonyl (C=O) groups excluding carboxylic acids is 2. The number of amides is 1. The number of aliphatic hydroxyl groups excluding tert-OH is 1. The molecule has 33 heavy (non-hydrogen) atoms. The van der Waals surface area contributed by atoms with Crippen LogP contribution in [0.2, 0.25) is 0 Å². The molecule has 0 aromatic carbocycles. The van der Waals surface area contributed by atoms with E-state index in [0.717, 1.165) is 5.57 Å². The Hall–Kier alpha value is -3.51. The number of β-amino-alcohol motifs (C(OH)–C–C–N with tert-alkyl or cyclic N) is 1. The highest BCUT2D eigenvalue weighted by atomic mass is 16.5. The minimum Gasteiger partial charge on any atom is -0.456 e. The third-order valence-corrected chi connectivity index (χ3v) is 6.81. The molecule has 0 aliphatic carbocycles. The molecule has 12 nitrogen and oxygen atoms in total. The summed E-state index contributed by atoms with van der Waals surface area (Å²) in [7, 11) is 0. The maximum absolute atomic E-state index is 13.4. The molecule has 0 radical (unpaired) electrons. The monoisotopic (exact) mass is 452 g/mol. The van der Waals surface area contributed by atoms with Crippen LogP contribution in [0.15, 0.2) is 41.5 Å². The van der Waals surface area contributed by atoms with Gasteiger partial charge in [-0.05, 0) is 67.9 Å². The Morgan fingerprint density at radius 3 is 2.58 bits per heavy atom. The van der Waals surface area contributed by atoms with E-state index >= 15 is 0 Å². The normalized spacial score (nSPS) is 21.7. The van der Waals surface area contributed by atoms with Crippen LogP contribution in [0.3, 0.4) is 0 Å². The Morgan fingerprint density at radius 1 is 1.18 bits per heavy atom. The second-order valence-electron chi connectivity index (χ2n) is 8.60. The van der Waals surface area contributed by atoms with Gasteiger partial charge in [-0.1, -0.05) is 0 Å². The largest absolute Gasteiger partial charge is 0.456 e. The van der Waals surface area contributed by atoms with E-state index in [1.54, 1.807) is 24.0 Å². The zero-order valence-corrected chi connectivity index (χ0v) is 18.4. The zero-order valence-electron chi connectivity index (χ0n) is 18.4. The zero-order chi connectivity index (χ0) is 23.2. The summed E-state index contributed by atoms with van der Waals surface area (Å²) in [5.41, 5.74) is 1.99. The summed E-state index contributed by atoms with van der Waals surface area (Å²) >= 11 is 0. The quantitative estimate of drug-likeness (QED) is 0.623. The van der Waals surface area contributed by atoms with Crippen molar-refractivity contribution in [3.63, 3.8) is 0 Å². The summed E-state index contributed by atoms with van der Waals surface area (Å²) < 4.78 is 6.47. The van der Waals surface area contributed by atoms with Crippen LogP contribution in [0.4, 0.5) is 0 Å². The van der Waals surface area contributed by atoms with Gasteiger partial charge in [0.15, 0.2) is 5.82 Å². The molecule has 0 bridgehead atoms. The molecule has 3 aliphatic heterocycles. The van der Waals surface area contributed by atoms with Crippen LogP contribution >= 0.6 is 0 Å². The maximum atomic E-state index is 13.4. The van der Waals surface area contributed by atoms with Crippen LogP contribution in [0, 0.1) is 5.41 Å². The Bertz CT molecular complexity index is 1130. The molecular weight excluding hydrogens is 428 g/mol. The number of aliphatic hydroxyl groups is 1. The number of carbonyl (C=O) groups is 2. The summed E-state index contributed by atoms with van der Waals surface area (Å²) in [6.07, 6.45) is 3.73. The fraction of sp³-hybridized carbons (Fsp3) is 0.476. The molecule has 2 aromatic heterocycles. The van der Waals surface area contributed by atoms with E-state index in [1.165, 1.54) is 11.0 Å². The number of hydrogen-bond acceptors (Lipinski definition) is 10. The van der Waals surface area contributed by atoms with E-state index in [4.69, 9.17) is 4.74 Å². The van der Waals surface area contributed by atoms with E-state index < -0.39 is 11.5 Å². The lowest BCUT2D eigenvalue weighted by Gasteiger charge is -2.39. The molecule has 5 rings (SSSR count). The predicted octanol–water partition coefficient (Wildman–Crippen LogP) is 0.145. The average Bonchev–Trinajstić information content (AvgIpc) is 3.53.